The lowest BCUT2D eigenvalue weighted by atomic mass is 10.0. The minimum Gasteiger partial charge on any atom is -0.324 e. The van der Waals surface area contributed by atoms with E-state index in [0.29, 0.717) is 11.4 Å². The average Bonchev–Trinajstić information content (AvgIpc) is 2.35. The van der Waals surface area contributed by atoms with Gasteiger partial charge in [0.1, 0.15) is 0 Å². The first kappa shape index (κ1) is 13.5. The number of aromatic nitrogens is 1. The normalized spacial score (nSPS) is 12.4. The lowest BCUT2D eigenvalue weighted by Gasteiger charge is -2.15. The third kappa shape index (κ3) is 2.91. The molecule has 0 bridgehead atoms. The summed E-state index contributed by atoms with van der Waals surface area (Å²) in [7, 11) is 0. The molecule has 1 unspecified atom stereocenters. The van der Waals surface area contributed by atoms with Gasteiger partial charge in [-0.05, 0) is 46.1 Å². The zero-order valence-electron chi connectivity index (χ0n) is 10.0. The van der Waals surface area contributed by atoms with Crippen LogP contribution in [0.1, 0.15) is 22.9 Å². The van der Waals surface area contributed by atoms with Crippen molar-refractivity contribution in [2.75, 3.05) is 0 Å². The molecule has 4 heteroatoms. The third-order valence-electron chi connectivity index (χ3n) is 2.91. The van der Waals surface area contributed by atoms with Gasteiger partial charge in [-0.2, -0.15) is 0 Å². The molecule has 0 amide bonds. The van der Waals surface area contributed by atoms with Gasteiger partial charge in [0, 0.05) is 28.8 Å². The second-order valence-electron chi connectivity index (χ2n) is 4.22. The molecule has 0 spiro atoms. The molecular weight excluding hydrogens is 312 g/mol. The molecule has 1 aromatic carbocycles. The van der Waals surface area contributed by atoms with Crippen molar-refractivity contribution in [2.24, 2.45) is 5.73 Å². The van der Waals surface area contributed by atoms with Crippen molar-refractivity contribution < 1.29 is 0 Å². The highest BCUT2D eigenvalue weighted by molar-refractivity contribution is 9.10. The van der Waals surface area contributed by atoms with E-state index in [1.54, 1.807) is 6.20 Å². The van der Waals surface area contributed by atoms with Crippen molar-refractivity contribution in [2.45, 2.75) is 19.4 Å². The van der Waals surface area contributed by atoms with Crippen molar-refractivity contribution >= 4 is 27.5 Å². The topological polar surface area (TPSA) is 38.9 Å². The summed E-state index contributed by atoms with van der Waals surface area (Å²) in [6, 6.07) is 9.62. The van der Waals surface area contributed by atoms with Crippen molar-refractivity contribution in [3.05, 3.63) is 62.8 Å². The molecule has 2 aromatic rings. The van der Waals surface area contributed by atoms with E-state index in [2.05, 4.69) is 20.9 Å². The maximum atomic E-state index is 6.25. The van der Waals surface area contributed by atoms with Crippen LogP contribution in [0, 0.1) is 6.92 Å². The standard InChI is InChI=1S/C14H14BrClN2/c1-9-4-3-7-18-13(9)8-12(17)10-5-2-6-11(15)14(10)16/h2-7,12H,8,17H2,1H3. The highest BCUT2D eigenvalue weighted by Gasteiger charge is 2.14. The highest BCUT2D eigenvalue weighted by Crippen LogP contribution is 2.30. The van der Waals surface area contributed by atoms with Gasteiger partial charge in [-0.1, -0.05) is 29.8 Å². The Labute approximate surface area is 120 Å². The highest BCUT2D eigenvalue weighted by atomic mass is 79.9. The number of nitrogens with zero attached hydrogens (tertiary/aromatic N) is 1. The Kier molecular flexibility index (Phi) is 4.38. The summed E-state index contributed by atoms with van der Waals surface area (Å²) in [4.78, 5) is 4.36. The molecule has 1 aromatic heterocycles. The SMILES string of the molecule is Cc1cccnc1CC(N)c1cccc(Br)c1Cl. The van der Waals surface area contributed by atoms with Crippen LogP contribution in [0.5, 0.6) is 0 Å². The Balaban J connectivity index is 2.25. The molecule has 0 radical (unpaired) electrons. The minimum absolute atomic E-state index is 0.149. The molecule has 2 rings (SSSR count). The Morgan fingerprint density at radius 2 is 2.11 bits per heavy atom. The van der Waals surface area contributed by atoms with E-state index < -0.39 is 0 Å². The monoisotopic (exact) mass is 324 g/mol. The number of nitrogens with two attached hydrogens (primary N) is 1. The van der Waals surface area contributed by atoms with Crippen LogP contribution in [-0.4, -0.2) is 4.98 Å². The Morgan fingerprint density at radius 1 is 1.33 bits per heavy atom. The van der Waals surface area contributed by atoms with Crippen molar-refractivity contribution in [3.63, 3.8) is 0 Å². The molecule has 2 N–H and O–H groups in total. The lowest BCUT2D eigenvalue weighted by molar-refractivity contribution is 0.702. The summed E-state index contributed by atoms with van der Waals surface area (Å²) in [5.74, 6) is 0. The summed E-state index contributed by atoms with van der Waals surface area (Å²) in [5.41, 5.74) is 9.33. The summed E-state index contributed by atoms with van der Waals surface area (Å²) in [6.07, 6.45) is 2.47. The number of benzene rings is 1. The number of hydrogen-bond acceptors (Lipinski definition) is 2. The fraction of sp³-hybridized carbons (Fsp3) is 0.214. The molecular formula is C14H14BrClN2. The van der Waals surface area contributed by atoms with Crippen molar-refractivity contribution in [1.29, 1.82) is 0 Å². The molecule has 0 fully saturated rings. The molecule has 2 nitrogen and oxygen atoms in total. The van der Waals surface area contributed by atoms with E-state index in [9.17, 15) is 0 Å². The second kappa shape index (κ2) is 5.83. The number of hydrogen-bond donors (Lipinski definition) is 1. The van der Waals surface area contributed by atoms with Crippen molar-refractivity contribution in [1.82, 2.24) is 4.98 Å². The summed E-state index contributed by atoms with van der Waals surface area (Å²) in [5, 5.41) is 0.679. The number of pyridine rings is 1. The van der Waals surface area contributed by atoms with Crippen LogP contribution in [0.25, 0.3) is 0 Å². The van der Waals surface area contributed by atoms with Crippen LogP contribution in [0.15, 0.2) is 41.0 Å². The van der Waals surface area contributed by atoms with Gasteiger partial charge in [-0.3, -0.25) is 4.98 Å². The third-order valence-corrected chi connectivity index (χ3v) is 4.22. The second-order valence-corrected chi connectivity index (χ2v) is 5.45. The summed E-state index contributed by atoms with van der Waals surface area (Å²) >= 11 is 9.66. The molecule has 0 aliphatic rings. The Morgan fingerprint density at radius 3 is 2.83 bits per heavy atom. The van der Waals surface area contributed by atoms with E-state index in [-0.39, 0.29) is 6.04 Å². The van der Waals surface area contributed by atoms with Crippen LogP contribution in [0.4, 0.5) is 0 Å². The van der Waals surface area contributed by atoms with Crippen LogP contribution >= 0.6 is 27.5 Å². The predicted octanol–water partition coefficient (Wildman–Crippen LogP) is 4.05. The Bertz CT molecular complexity index is 557. The van der Waals surface area contributed by atoms with Crippen LogP contribution in [0.3, 0.4) is 0 Å². The van der Waals surface area contributed by atoms with E-state index in [1.165, 1.54) is 0 Å². The molecule has 1 atom stereocenters. The zero-order valence-corrected chi connectivity index (χ0v) is 12.4. The van der Waals surface area contributed by atoms with Crippen LogP contribution < -0.4 is 5.73 Å². The molecule has 0 saturated carbocycles. The smallest absolute Gasteiger partial charge is 0.0595 e. The number of rotatable bonds is 3. The van der Waals surface area contributed by atoms with Gasteiger partial charge in [0.15, 0.2) is 0 Å². The Hall–Kier alpha value is -0.900. The minimum atomic E-state index is -0.149. The van der Waals surface area contributed by atoms with Gasteiger partial charge < -0.3 is 5.73 Å². The molecule has 0 aliphatic heterocycles. The number of aryl methyl sites for hydroxylation is 1. The summed E-state index contributed by atoms with van der Waals surface area (Å²) in [6.45, 7) is 2.04. The maximum absolute atomic E-state index is 6.25. The number of halogens is 2. The molecule has 18 heavy (non-hydrogen) atoms. The van der Waals surface area contributed by atoms with E-state index in [4.69, 9.17) is 17.3 Å². The van der Waals surface area contributed by atoms with Gasteiger partial charge in [0.2, 0.25) is 0 Å². The zero-order chi connectivity index (χ0) is 13.1. The van der Waals surface area contributed by atoms with Gasteiger partial charge in [0.25, 0.3) is 0 Å². The maximum Gasteiger partial charge on any atom is 0.0595 e. The van der Waals surface area contributed by atoms with E-state index in [1.807, 2.05) is 37.3 Å². The van der Waals surface area contributed by atoms with Gasteiger partial charge >= 0.3 is 0 Å². The lowest BCUT2D eigenvalue weighted by Crippen LogP contribution is -2.15. The predicted molar refractivity (Wildman–Crippen MR) is 78.8 cm³/mol. The quantitative estimate of drug-likeness (QED) is 0.924. The largest absolute Gasteiger partial charge is 0.324 e. The first-order valence-corrected chi connectivity index (χ1v) is 6.86. The van der Waals surface area contributed by atoms with Gasteiger partial charge in [0.05, 0.1) is 5.02 Å². The molecule has 0 aliphatic carbocycles. The van der Waals surface area contributed by atoms with Gasteiger partial charge in [-0.15, -0.1) is 0 Å². The fourth-order valence-electron chi connectivity index (χ4n) is 1.86. The summed E-state index contributed by atoms with van der Waals surface area (Å²) < 4.78 is 0.870. The van der Waals surface area contributed by atoms with Crippen LogP contribution in [-0.2, 0) is 6.42 Å². The van der Waals surface area contributed by atoms with E-state index >= 15 is 0 Å². The van der Waals surface area contributed by atoms with Crippen LogP contribution in [0.2, 0.25) is 5.02 Å². The van der Waals surface area contributed by atoms with Gasteiger partial charge in [-0.25, -0.2) is 0 Å². The van der Waals surface area contributed by atoms with E-state index in [0.717, 1.165) is 21.3 Å². The van der Waals surface area contributed by atoms with Crippen molar-refractivity contribution in [3.8, 4) is 0 Å². The average molecular weight is 326 g/mol. The fourth-order valence-corrected chi connectivity index (χ4v) is 2.50. The first-order valence-electron chi connectivity index (χ1n) is 5.69. The molecule has 1 heterocycles. The molecule has 94 valence electrons. The molecule has 0 saturated heterocycles. The first-order chi connectivity index (χ1) is 8.59.